The zero-order chi connectivity index (χ0) is 21.5. The van der Waals surface area contributed by atoms with Crippen molar-refractivity contribution in [3.63, 3.8) is 0 Å². The third-order valence-electron chi connectivity index (χ3n) is 5.70. The summed E-state index contributed by atoms with van der Waals surface area (Å²) in [5.74, 6) is 2.50. The Labute approximate surface area is 184 Å². The average Bonchev–Trinajstić information content (AvgIpc) is 2.85. The molecule has 0 aliphatic carbocycles. The fourth-order valence-electron chi connectivity index (χ4n) is 4.06. The van der Waals surface area contributed by atoms with E-state index in [0.29, 0.717) is 6.61 Å². The molecule has 1 fully saturated rings. The minimum atomic E-state index is 0.103. The SMILES string of the molecule is COc1ccc(C(c2ccc(OCc3ccccc3)cc2)N2CCNCC2)c(OC)c1. The molecule has 5 heteroatoms. The van der Waals surface area contributed by atoms with Crippen molar-refractivity contribution < 1.29 is 14.2 Å². The molecule has 0 aromatic heterocycles. The van der Waals surface area contributed by atoms with E-state index in [1.165, 1.54) is 5.56 Å². The van der Waals surface area contributed by atoms with E-state index in [2.05, 4.69) is 52.7 Å². The van der Waals surface area contributed by atoms with Gasteiger partial charge in [0.25, 0.3) is 0 Å². The van der Waals surface area contributed by atoms with Crippen molar-refractivity contribution in [1.29, 1.82) is 0 Å². The topological polar surface area (TPSA) is 43.0 Å². The van der Waals surface area contributed by atoms with E-state index in [-0.39, 0.29) is 6.04 Å². The van der Waals surface area contributed by atoms with Gasteiger partial charge in [0.2, 0.25) is 0 Å². The van der Waals surface area contributed by atoms with Crippen LogP contribution < -0.4 is 19.5 Å². The van der Waals surface area contributed by atoms with Crippen molar-refractivity contribution in [3.8, 4) is 17.2 Å². The summed E-state index contributed by atoms with van der Waals surface area (Å²) in [6, 6.07) is 24.9. The molecule has 3 aromatic rings. The molecule has 0 spiro atoms. The largest absolute Gasteiger partial charge is 0.497 e. The van der Waals surface area contributed by atoms with E-state index < -0.39 is 0 Å². The second kappa shape index (κ2) is 10.3. The minimum Gasteiger partial charge on any atom is -0.497 e. The molecule has 1 heterocycles. The Morgan fingerprint density at radius 2 is 1.55 bits per heavy atom. The summed E-state index contributed by atoms with van der Waals surface area (Å²) >= 11 is 0. The maximum atomic E-state index is 5.99. The number of hydrogen-bond acceptors (Lipinski definition) is 5. The van der Waals surface area contributed by atoms with Crippen molar-refractivity contribution in [2.75, 3.05) is 40.4 Å². The van der Waals surface area contributed by atoms with Gasteiger partial charge in [-0.25, -0.2) is 0 Å². The summed E-state index contributed by atoms with van der Waals surface area (Å²) in [5, 5.41) is 3.45. The normalized spacial score (nSPS) is 15.3. The van der Waals surface area contributed by atoms with Gasteiger partial charge in [0, 0.05) is 37.8 Å². The average molecular weight is 419 g/mol. The maximum Gasteiger partial charge on any atom is 0.127 e. The van der Waals surface area contributed by atoms with Crippen LogP contribution >= 0.6 is 0 Å². The minimum absolute atomic E-state index is 0.103. The number of piperazine rings is 1. The molecule has 1 N–H and O–H groups in total. The van der Waals surface area contributed by atoms with E-state index in [9.17, 15) is 0 Å². The van der Waals surface area contributed by atoms with Gasteiger partial charge in [0.1, 0.15) is 23.9 Å². The van der Waals surface area contributed by atoms with E-state index in [1.54, 1.807) is 14.2 Å². The highest BCUT2D eigenvalue weighted by molar-refractivity contribution is 5.47. The van der Waals surface area contributed by atoms with Crippen LogP contribution in [0.1, 0.15) is 22.7 Å². The predicted molar refractivity (Wildman–Crippen MR) is 123 cm³/mol. The lowest BCUT2D eigenvalue weighted by molar-refractivity contribution is 0.195. The lowest BCUT2D eigenvalue weighted by atomic mass is 9.95. The quantitative estimate of drug-likeness (QED) is 0.592. The number of nitrogens with one attached hydrogen (secondary N) is 1. The summed E-state index contributed by atoms with van der Waals surface area (Å²) in [6.07, 6.45) is 0. The summed E-state index contributed by atoms with van der Waals surface area (Å²) in [5.41, 5.74) is 3.52. The van der Waals surface area contributed by atoms with Crippen LogP contribution in [0.2, 0.25) is 0 Å². The van der Waals surface area contributed by atoms with Gasteiger partial charge in [-0.2, -0.15) is 0 Å². The lowest BCUT2D eigenvalue weighted by Gasteiger charge is -2.36. The van der Waals surface area contributed by atoms with Crippen molar-refractivity contribution >= 4 is 0 Å². The van der Waals surface area contributed by atoms with Crippen molar-refractivity contribution in [2.24, 2.45) is 0 Å². The molecule has 3 aromatic carbocycles. The Kier molecular flexibility index (Phi) is 7.07. The van der Waals surface area contributed by atoms with Crippen LogP contribution in [0.5, 0.6) is 17.2 Å². The number of benzene rings is 3. The Bertz CT molecular complexity index is 954. The van der Waals surface area contributed by atoms with E-state index in [1.807, 2.05) is 30.3 Å². The first kappa shape index (κ1) is 21.2. The molecule has 162 valence electrons. The number of nitrogens with zero attached hydrogens (tertiary/aromatic N) is 1. The van der Waals surface area contributed by atoms with Gasteiger partial charge in [0.15, 0.2) is 0 Å². The van der Waals surface area contributed by atoms with Crippen LogP contribution in [0.3, 0.4) is 0 Å². The molecule has 0 bridgehead atoms. The Hall–Kier alpha value is -3.02. The molecule has 1 aliphatic heterocycles. The van der Waals surface area contributed by atoms with Gasteiger partial charge in [-0.1, -0.05) is 42.5 Å². The van der Waals surface area contributed by atoms with Gasteiger partial charge in [-0.3, -0.25) is 4.90 Å². The Balaban J connectivity index is 1.60. The lowest BCUT2D eigenvalue weighted by Crippen LogP contribution is -2.45. The van der Waals surface area contributed by atoms with Crippen molar-refractivity contribution in [3.05, 3.63) is 89.5 Å². The van der Waals surface area contributed by atoms with Crippen LogP contribution in [-0.2, 0) is 6.61 Å². The third kappa shape index (κ3) is 5.19. The van der Waals surface area contributed by atoms with E-state index >= 15 is 0 Å². The highest BCUT2D eigenvalue weighted by Crippen LogP contribution is 2.37. The zero-order valence-corrected chi connectivity index (χ0v) is 18.2. The molecule has 31 heavy (non-hydrogen) atoms. The maximum absolute atomic E-state index is 5.99. The smallest absolute Gasteiger partial charge is 0.127 e. The summed E-state index contributed by atoms with van der Waals surface area (Å²) < 4.78 is 17.1. The molecule has 1 saturated heterocycles. The van der Waals surface area contributed by atoms with Crippen LogP contribution in [-0.4, -0.2) is 45.3 Å². The third-order valence-corrected chi connectivity index (χ3v) is 5.70. The number of methoxy groups -OCH3 is 2. The monoisotopic (exact) mass is 418 g/mol. The van der Waals surface area contributed by atoms with Crippen LogP contribution in [0, 0.1) is 0 Å². The van der Waals surface area contributed by atoms with Gasteiger partial charge < -0.3 is 19.5 Å². The van der Waals surface area contributed by atoms with E-state index in [4.69, 9.17) is 14.2 Å². The highest BCUT2D eigenvalue weighted by atomic mass is 16.5. The highest BCUT2D eigenvalue weighted by Gasteiger charge is 2.26. The fourth-order valence-corrected chi connectivity index (χ4v) is 4.06. The second-order valence-corrected chi connectivity index (χ2v) is 7.64. The number of ether oxygens (including phenoxy) is 3. The molecule has 1 aliphatic rings. The zero-order valence-electron chi connectivity index (χ0n) is 18.2. The van der Waals surface area contributed by atoms with Crippen LogP contribution in [0.25, 0.3) is 0 Å². The summed E-state index contributed by atoms with van der Waals surface area (Å²) in [7, 11) is 3.39. The molecule has 1 atom stereocenters. The molecule has 0 amide bonds. The van der Waals surface area contributed by atoms with Crippen LogP contribution in [0.15, 0.2) is 72.8 Å². The van der Waals surface area contributed by atoms with E-state index in [0.717, 1.165) is 54.6 Å². The van der Waals surface area contributed by atoms with Crippen molar-refractivity contribution in [1.82, 2.24) is 10.2 Å². The first-order valence-electron chi connectivity index (χ1n) is 10.7. The van der Waals surface area contributed by atoms with Gasteiger partial charge in [-0.15, -0.1) is 0 Å². The van der Waals surface area contributed by atoms with Gasteiger partial charge >= 0.3 is 0 Å². The number of rotatable bonds is 8. The first-order valence-corrected chi connectivity index (χ1v) is 10.7. The first-order chi connectivity index (χ1) is 15.3. The molecule has 4 rings (SSSR count). The molecule has 1 unspecified atom stereocenters. The Morgan fingerprint density at radius 3 is 2.23 bits per heavy atom. The van der Waals surface area contributed by atoms with Gasteiger partial charge in [-0.05, 0) is 35.4 Å². The standard InChI is InChI=1S/C26H30N2O3/c1-29-23-12-13-24(25(18-23)30-2)26(28-16-14-27-15-17-28)21-8-10-22(11-9-21)31-19-20-6-4-3-5-7-20/h3-13,18,26-27H,14-17,19H2,1-2H3. The molecule has 0 radical (unpaired) electrons. The Morgan fingerprint density at radius 1 is 0.839 bits per heavy atom. The predicted octanol–water partition coefficient (Wildman–Crippen LogP) is 4.28. The van der Waals surface area contributed by atoms with Gasteiger partial charge in [0.05, 0.1) is 20.3 Å². The molecule has 0 saturated carbocycles. The molecular formula is C26H30N2O3. The van der Waals surface area contributed by atoms with Crippen LogP contribution in [0.4, 0.5) is 0 Å². The fraction of sp³-hybridized carbons (Fsp3) is 0.308. The second-order valence-electron chi connectivity index (χ2n) is 7.64. The van der Waals surface area contributed by atoms with Crippen molar-refractivity contribution in [2.45, 2.75) is 12.6 Å². The summed E-state index contributed by atoms with van der Waals surface area (Å²) in [6.45, 7) is 4.48. The molecular weight excluding hydrogens is 388 g/mol. The molecule has 5 nitrogen and oxygen atoms in total. The number of hydrogen-bond donors (Lipinski definition) is 1. The summed E-state index contributed by atoms with van der Waals surface area (Å²) in [4.78, 5) is 2.50.